The van der Waals surface area contributed by atoms with Gasteiger partial charge < -0.3 is 5.73 Å². The lowest BCUT2D eigenvalue weighted by molar-refractivity contribution is 0.0915. The first kappa shape index (κ1) is 19.8. The van der Waals surface area contributed by atoms with Crippen LogP contribution in [0.3, 0.4) is 0 Å². The van der Waals surface area contributed by atoms with E-state index in [-0.39, 0.29) is 29.6 Å². The van der Waals surface area contributed by atoms with Crippen LogP contribution in [-0.4, -0.2) is 32.9 Å². The Morgan fingerprint density at radius 2 is 1.67 bits per heavy atom. The number of aromatic nitrogens is 2. The van der Waals surface area contributed by atoms with Crippen molar-refractivity contribution in [1.82, 2.24) is 14.0 Å². The smallest absolute Gasteiger partial charge is 0.332 e. The van der Waals surface area contributed by atoms with Gasteiger partial charge in [-0.15, -0.1) is 0 Å². The van der Waals surface area contributed by atoms with E-state index in [1.54, 1.807) is 0 Å². The molecule has 2 heterocycles. The van der Waals surface area contributed by atoms with Crippen molar-refractivity contribution in [1.29, 1.82) is 0 Å². The van der Waals surface area contributed by atoms with Crippen LogP contribution in [0, 0.1) is 0 Å². The third-order valence-corrected chi connectivity index (χ3v) is 5.82. The van der Waals surface area contributed by atoms with Crippen molar-refractivity contribution in [3.63, 3.8) is 0 Å². The van der Waals surface area contributed by atoms with Crippen LogP contribution < -0.4 is 17.0 Å². The van der Waals surface area contributed by atoms with Crippen molar-refractivity contribution < 1.29 is 4.79 Å². The number of fused-ring (bicyclic) bond motifs is 1. The zero-order chi connectivity index (χ0) is 21.4. The highest BCUT2D eigenvalue weighted by atomic mass is 16.2. The topological polar surface area (TPSA) is 90.3 Å². The first-order valence-corrected chi connectivity index (χ1v) is 9.82. The molecule has 154 valence electrons. The van der Waals surface area contributed by atoms with Gasteiger partial charge in [0.1, 0.15) is 11.4 Å². The van der Waals surface area contributed by atoms with E-state index < -0.39 is 11.2 Å². The van der Waals surface area contributed by atoms with Gasteiger partial charge in [-0.1, -0.05) is 54.6 Å². The Hall–Kier alpha value is -3.45. The molecular weight excluding hydrogens is 380 g/mol. The summed E-state index contributed by atoms with van der Waals surface area (Å²) < 4.78 is 2.05. The number of carbonyl (C=O) groups is 1. The number of nitrogens with zero attached hydrogens (tertiary/aromatic N) is 3. The van der Waals surface area contributed by atoms with Gasteiger partial charge in [0.25, 0.3) is 5.56 Å². The van der Waals surface area contributed by atoms with Crippen molar-refractivity contribution in [2.45, 2.75) is 12.5 Å². The van der Waals surface area contributed by atoms with Crippen molar-refractivity contribution in [3.05, 3.63) is 97.7 Å². The Balaban J connectivity index is 1.68. The van der Waals surface area contributed by atoms with Crippen LogP contribution in [0.4, 0.5) is 5.82 Å². The van der Waals surface area contributed by atoms with Gasteiger partial charge in [0.2, 0.25) is 0 Å². The van der Waals surface area contributed by atoms with Gasteiger partial charge in [0.15, 0.2) is 5.78 Å². The molecule has 0 aliphatic carbocycles. The molecule has 0 amide bonds. The molecule has 0 radical (unpaired) electrons. The van der Waals surface area contributed by atoms with Gasteiger partial charge in [-0.3, -0.25) is 23.6 Å². The monoisotopic (exact) mass is 404 g/mol. The minimum absolute atomic E-state index is 0.0509. The summed E-state index contributed by atoms with van der Waals surface area (Å²) in [6, 6.07) is 18.4. The lowest BCUT2D eigenvalue weighted by atomic mass is 9.84. The van der Waals surface area contributed by atoms with Crippen LogP contribution >= 0.6 is 0 Å². The van der Waals surface area contributed by atoms with E-state index in [0.717, 1.165) is 14.7 Å². The Morgan fingerprint density at radius 3 is 2.40 bits per heavy atom. The SMILES string of the molecule is Cn1c(N)c(C(=O)CN2Cc3ccccc3C(c3ccccc3)C2)c(=O)n(C)c1=O. The molecule has 1 unspecified atom stereocenters. The number of rotatable bonds is 4. The Morgan fingerprint density at radius 1 is 1.00 bits per heavy atom. The molecular formula is C23H24N4O3. The summed E-state index contributed by atoms with van der Waals surface area (Å²) in [5.41, 5.74) is 8.22. The van der Waals surface area contributed by atoms with Crippen LogP contribution in [0.25, 0.3) is 0 Å². The largest absolute Gasteiger partial charge is 0.384 e. The van der Waals surface area contributed by atoms with Gasteiger partial charge in [-0.2, -0.15) is 0 Å². The number of ketones is 1. The van der Waals surface area contributed by atoms with Crippen LogP contribution in [0.2, 0.25) is 0 Å². The Kier molecular flexibility index (Phi) is 5.13. The number of nitrogens with two attached hydrogens (primary N) is 1. The van der Waals surface area contributed by atoms with Gasteiger partial charge in [-0.25, -0.2) is 4.79 Å². The second kappa shape index (κ2) is 7.76. The molecule has 0 bridgehead atoms. The third-order valence-electron chi connectivity index (χ3n) is 5.82. The van der Waals surface area contributed by atoms with Gasteiger partial charge in [-0.05, 0) is 16.7 Å². The second-order valence-corrected chi connectivity index (χ2v) is 7.72. The molecule has 30 heavy (non-hydrogen) atoms. The molecule has 1 atom stereocenters. The molecule has 0 spiro atoms. The van der Waals surface area contributed by atoms with Gasteiger partial charge >= 0.3 is 5.69 Å². The fourth-order valence-electron chi connectivity index (χ4n) is 4.18. The molecule has 0 saturated heterocycles. The highest BCUT2D eigenvalue weighted by molar-refractivity contribution is 6.01. The quantitative estimate of drug-likeness (QED) is 0.666. The van der Waals surface area contributed by atoms with Crippen LogP contribution in [0.15, 0.2) is 64.2 Å². The van der Waals surface area contributed by atoms with Crippen molar-refractivity contribution in [3.8, 4) is 0 Å². The molecule has 4 rings (SSSR count). The predicted molar refractivity (Wildman–Crippen MR) is 116 cm³/mol. The van der Waals surface area contributed by atoms with Crippen LogP contribution in [0.5, 0.6) is 0 Å². The zero-order valence-corrected chi connectivity index (χ0v) is 17.0. The summed E-state index contributed by atoms with van der Waals surface area (Å²) in [5, 5.41) is 0. The Bertz CT molecular complexity index is 1230. The standard InChI is InChI=1S/C23H24N4O3/c1-25-21(24)20(22(29)26(2)23(25)30)19(28)14-27-12-16-10-6-7-11-17(16)18(13-27)15-8-4-3-5-9-15/h3-11,18H,12-14,24H2,1-2H3. The molecule has 3 aromatic rings. The average Bonchev–Trinajstić information content (AvgIpc) is 2.76. The maximum atomic E-state index is 13.1. The van der Waals surface area contributed by atoms with Gasteiger partial charge in [0, 0.05) is 33.1 Å². The molecule has 7 heteroatoms. The molecule has 1 aliphatic rings. The maximum Gasteiger partial charge on any atom is 0.332 e. The van der Waals surface area contributed by atoms with Crippen molar-refractivity contribution in [2.75, 3.05) is 18.8 Å². The number of carbonyl (C=O) groups excluding carboxylic acids is 1. The number of nitrogen functional groups attached to an aromatic ring is 1. The average molecular weight is 404 g/mol. The second-order valence-electron chi connectivity index (χ2n) is 7.72. The molecule has 0 fully saturated rings. The van der Waals surface area contributed by atoms with Crippen LogP contribution in [-0.2, 0) is 20.6 Å². The summed E-state index contributed by atoms with van der Waals surface area (Å²) in [7, 11) is 2.81. The van der Waals surface area contributed by atoms with Crippen molar-refractivity contribution >= 4 is 11.6 Å². The van der Waals surface area contributed by atoms with Crippen LogP contribution in [0.1, 0.15) is 33.0 Å². The number of anilines is 1. The number of benzene rings is 2. The predicted octanol–water partition coefficient (Wildman–Crippen LogP) is 1.50. The minimum Gasteiger partial charge on any atom is -0.384 e. The summed E-state index contributed by atoms with van der Waals surface area (Å²) >= 11 is 0. The molecule has 1 aromatic heterocycles. The molecule has 0 saturated carbocycles. The van der Waals surface area contributed by atoms with Gasteiger partial charge in [0.05, 0.1) is 6.54 Å². The lowest BCUT2D eigenvalue weighted by Crippen LogP contribution is -2.44. The summed E-state index contributed by atoms with van der Waals surface area (Å²) in [5.74, 6) is -0.343. The number of Topliss-reactive ketones (excluding diaryl/α,β-unsaturated/α-hetero) is 1. The van der Waals surface area contributed by atoms with Crippen molar-refractivity contribution in [2.24, 2.45) is 14.1 Å². The first-order valence-electron chi connectivity index (χ1n) is 9.82. The minimum atomic E-state index is -0.655. The zero-order valence-electron chi connectivity index (χ0n) is 17.0. The Labute approximate surface area is 174 Å². The lowest BCUT2D eigenvalue weighted by Gasteiger charge is -2.34. The summed E-state index contributed by atoms with van der Waals surface area (Å²) in [6.45, 7) is 1.31. The molecule has 1 aliphatic heterocycles. The number of hydrogen-bond acceptors (Lipinski definition) is 5. The fraction of sp³-hybridized carbons (Fsp3) is 0.261. The van der Waals surface area contributed by atoms with E-state index in [1.165, 1.54) is 25.2 Å². The normalized spacial score (nSPS) is 16.3. The fourth-order valence-corrected chi connectivity index (χ4v) is 4.18. The molecule has 2 N–H and O–H groups in total. The van der Waals surface area contributed by atoms with E-state index in [1.807, 2.05) is 35.2 Å². The summed E-state index contributed by atoms with van der Waals surface area (Å²) in [6.07, 6.45) is 0. The van der Waals surface area contributed by atoms with E-state index >= 15 is 0 Å². The molecule has 2 aromatic carbocycles. The van der Waals surface area contributed by atoms with E-state index in [4.69, 9.17) is 5.73 Å². The van der Waals surface area contributed by atoms with E-state index in [2.05, 4.69) is 24.3 Å². The highest BCUT2D eigenvalue weighted by Crippen LogP contribution is 2.33. The third kappa shape index (κ3) is 3.37. The molecule has 7 nitrogen and oxygen atoms in total. The summed E-state index contributed by atoms with van der Waals surface area (Å²) in [4.78, 5) is 39.7. The maximum absolute atomic E-state index is 13.1. The number of hydrogen-bond donors (Lipinski definition) is 1. The van der Waals surface area contributed by atoms with E-state index in [0.29, 0.717) is 13.1 Å². The highest BCUT2D eigenvalue weighted by Gasteiger charge is 2.29. The van der Waals surface area contributed by atoms with E-state index in [9.17, 15) is 14.4 Å². The first-order chi connectivity index (χ1) is 14.4.